The first-order valence-corrected chi connectivity index (χ1v) is 9.55. The van der Waals surface area contributed by atoms with E-state index in [0.29, 0.717) is 5.69 Å². The Balaban J connectivity index is 2.05. The van der Waals surface area contributed by atoms with E-state index < -0.39 is 41.3 Å². The number of likely N-dealkylation sites (tertiary alicyclic amines) is 1. The van der Waals surface area contributed by atoms with Crippen LogP contribution in [0.4, 0.5) is 5.69 Å². The van der Waals surface area contributed by atoms with Crippen molar-refractivity contribution in [1.82, 2.24) is 4.90 Å². The lowest BCUT2D eigenvalue weighted by molar-refractivity contribution is -0.148. The van der Waals surface area contributed by atoms with E-state index in [-0.39, 0.29) is 23.5 Å². The largest absolute Gasteiger partial charge is 0.467 e. The van der Waals surface area contributed by atoms with Crippen molar-refractivity contribution in [2.24, 2.45) is 4.99 Å². The summed E-state index contributed by atoms with van der Waals surface area (Å²) in [6.07, 6.45) is 0.113. The minimum Gasteiger partial charge on any atom is -0.467 e. The molecule has 10 nitrogen and oxygen atoms in total. The summed E-state index contributed by atoms with van der Waals surface area (Å²) in [5.41, 5.74) is 0.0798. The lowest BCUT2D eigenvalue weighted by Crippen LogP contribution is -2.52. The van der Waals surface area contributed by atoms with Crippen molar-refractivity contribution in [1.29, 1.82) is 0 Å². The number of hydrogen-bond donors (Lipinski definition) is 1. The van der Waals surface area contributed by atoms with Crippen molar-refractivity contribution in [2.45, 2.75) is 30.8 Å². The van der Waals surface area contributed by atoms with Crippen LogP contribution < -0.4 is 5.32 Å². The topological polar surface area (TPSA) is 124 Å². The van der Waals surface area contributed by atoms with E-state index in [1.54, 1.807) is 0 Å². The van der Waals surface area contributed by atoms with Gasteiger partial charge in [-0.15, -0.1) is 0 Å². The molecule has 3 aliphatic rings. The second-order valence-electron chi connectivity index (χ2n) is 7.41. The van der Waals surface area contributed by atoms with Gasteiger partial charge in [0, 0.05) is 12.6 Å². The van der Waals surface area contributed by atoms with Crippen molar-refractivity contribution in [3.05, 3.63) is 41.1 Å². The molecule has 1 N–H and O–H groups in total. The molecular formula is C21H21N3O7. The first kappa shape index (κ1) is 20.6. The monoisotopic (exact) mass is 427 g/mol. The van der Waals surface area contributed by atoms with Crippen LogP contribution in [0, 0.1) is 0 Å². The average Bonchev–Trinajstić information content (AvgIpc) is 3.30. The fourth-order valence-corrected chi connectivity index (χ4v) is 4.80. The Morgan fingerprint density at radius 1 is 1.06 bits per heavy atom. The number of aliphatic imine (C=N–C) groups is 1. The summed E-state index contributed by atoms with van der Waals surface area (Å²) in [7, 11) is 3.60. The molecule has 3 atom stereocenters. The van der Waals surface area contributed by atoms with Crippen LogP contribution in [0.25, 0.3) is 0 Å². The molecule has 1 spiro atoms. The smallest absolute Gasteiger partial charge is 0.357 e. The zero-order valence-corrected chi connectivity index (χ0v) is 17.4. The third-order valence-corrected chi connectivity index (χ3v) is 6.01. The van der Waals surface area contributed by atoms with Crippen LogP contribution in [0.3, 0.4) is 0 Å². The van der Waals surface area contributed by atoms with Gasteiger partial charge >= 0.3 is 17.9 Å². The first-order chi connectivity index (χ1) is 14.8. The maximum absolute atomic E-state index is 12.8. The molecule has 31 heavy (non-hydrogen) atoms. The normalized spacial score (nSPS) is 25.5. The van der Waals surface area contributed by atoms with Gasteiger partial charge in [0.1, 0.15) is 11.9 Å². The van der Waals surface area contributed by atoms with Gasteiger partial charge in [0.2, 0.25) is 5.91 Å². The number of esters is 3. The van der Waals surface area contributed by atoms with E-state index >= 15 is 0 Å². The Labute approximate surface area is 177 Å². The summed E-state index contributed by atoms with van der Waals surface area (Å²) in [6, 6.07) is 5.50. The van der Waals surface area contributed by atoms with E-state index in [1.807, 2.05) is 24.3 Å². The maximum Gasteiger partial charge on any atom is 0.357 e. The standard InChI is InChI=1S/C21H21N3O7/c1-10(25)24-13(17(26)29-2)9-21-11-7-5-6-8-12(11)22-16(21)14(18(27)30-3)15(19(28)31-4)23-20(21)24/h5-8,13,16,22H,9H2,1-4H3/t13?,16?,21-/m0/s1. The highest BCUT2D eigenvalue weighted by Gasteiger charge is 2.65. The number of carbonyl (C=O) groups is 4. The van der Waals surface area contributed by atoms with Crippen LogP contribution in [0.15, 0.2) is 40.5 Å². The predicted octanol–water partition coefficient (Wildman–Crippen LogP) is 0.524. The summed E-state index contributed by atoms with van der Waals surface area (Å²) in [4.78, 5) is 56.3. The Morgan fingerprint density at radius 2 is 1.74 bits per heavy atom. The summed E-state index contributed by atoms with van der Waals surface area (Å²) in [6.45, 7) is 1.30. The molecular weight excluding hydrogens is 406 g/mol. The number of amides is 1. The number of fused-ring (bicyclic) bond motifs is 1. The van der Waals surface area contributed by atoms with Gasteiger partial charge in [-0.25, -0.2) is 19.4 Å². The molecule has 4 rings (SSSR count). The number of carbonyl (C=O) groups excluding carboxylic acids is 4. The highest BCUT2D eigenvalue weighted by Crippen LogP contribution is 2.55. The molecule has 1 aromatic rings. The van der Waals surface area contributed by atoms with Gasteiger partial charge < -0.3 is 19.5 Å². The van der Waals surface area contributed by atoms with E-state index in [2.05, 4.69) is 10.3 Å². The molecule has 0 aliphatic carbocycles. The van der Waals surface area contributed by atoms with Crippen molar-refractivity contribution in [3.8, 4) is 0 Å². The van der Waals surface area contributed by atoms with Crippen LogP contribution in [0.5, 0.6) is 0 Å². The maximum atomic E-state index is 12.8. The average molecular weight is 427 g/mol. The summed E-state index contributed by atoms with van der Waals surface area (Å²) >= 11 is 0. The number of ether oxygens (including phenoxy) is 3. The second-order valence-corrected chi connectivity index (χ2v) is 7.41. The number of para-hydroxylation sites is 1. The number of hydrogen-bond acceptors (Lipinski definition) is 9. The molecule has 10 heteroatoms. The Kier molecular flexibility index (Phi) is 4.79. The third kappa shape index (κ3) is 2.67. The fourth-order valence-electron chi connectivity index (χ4n) is 4.80. The van der Waals surface area contributed by atoms with E-state index in [0.717, 1.165) is 12.7 Å². The SMILES string of the molecule is COC(=O)C1=C(C(=O)OC)C2Nc3ccccc3[C@@]23CC(C(=O)OC)N(C(C)=O)C3=N1. The lowest BCUT2D eigenvalue weighted by Gasteiger charge is -2.36. The number of amidine groups is 1. The van der Waals surface area contributed by atoms with Crippen LogP contribution in [-0.2, 0) is 38.8 Å². The molecule has 0 bridgehead atoms. The number of anilines is 1. The summed E-state index contributed by atoms with van der Waals surface area (Å²) in [5, 5.41) is 3.27. The van der Waals surface area contributed by atoms with Gasteiger partial charge in [0.15, 0.2) is 5.70 Å². The minimum atomic E-state index is -1.07. The molecule has 3 aliphatic heterocycles. The number of rotatable bonds is 3. The zero-order valence-electron chi connectivity index (χ0n) is 17.4. The molecule has 1 saturated heterocycles. The molecule has 0 radical (unpaired) electrons. The number of methoxy groups -OCH3 is 3. The molecule has 162 valence electrons. The second kappa shape index (κ2) is 7.22. The van der Waals surface area contributed by atoms with Gasteiger partial charge in [-0.2, -0.15) is 0 Å². The first-order valence-electron chi connectivity index (χ1n) is 9.55. The Hall–Kier alpha value is -3.69. The molecule has 2 unspecified atom stereocenters. The van der Waals surface area contributed by atoms with Crippen LogP contribution in [0.2, 0.25) is 0 Å². The van der Waals surface area contributed by atoms with Gasteiger partial charge in [0.05, 0.1) is 38.4 Å². The van der Waals surface area contributed by atoms with Crippen molar-refractivity contribution in [3.63, 3.8) is 0 Å². The highest BCUT2D eigenvalue weighted by atomic mass is 16.5. The number of benzene rings is 1. The highest BCUT2D eigenvalue weighted by molar-refractivity contribution is 6.17. The van der Waals surface area contributed by atoms with Crippen LogP contribution >= 0.6 is 0 Å². The summed E-state index contributed by atoms with van der Waals surface area (Å²) in [5.74, 6) is -2.50. The molecule has 0 saturated carbocycles. The van der Waals surface area contributed by atoms with Gasteiger partial charge in [-0.05, 0) is 18.1 Å². The van der Waals surface area contributed by atoms with Crippen LogP contribution in [0.1, 0.15) is 18.9 Å². The molecule has 3 heterocycles. The minimum absolute atomic E-state index is 0.0247. The van der Waals surface area contributed by atoms with Crippen molar-refractivity contribution < 1.29 is 33.4 Å². The molecule has 0 aromatic heterocycles. The summed E-state index contributed by atoms with van der Waals surface area (Å²) < 4.78 is 14.7. The predicted molar refractivity (Wildman–Crippen MR) is 107 cm³/mol. The lowest BCUT2D eigenvalue weighted by atomic mass is 9.69. The fraction of sp³-hybridized carbons (Fsp3) is 0.381. The molecule has 1 fully saturated rings. The van der Waals surface area contributed by atoms with Gasteiger partial charge in [-0.3, -0.25) is 9.69 Å². The van der Waals surface area contributed by atoms with Gasteiger partial charge in [-0.1, -0.05) is 18.2 Å². The Morgan fingerprint density at radius 3 is 2.35 bits per heavy atom. The number of nitrogens with zero attached hydrogens (tertiary/aromatic N) is 2. The zero-order chi connectivity index (χ0) is 22.5. The third-order valence-electron chi connectivity index (χ3n) is 6.01. The van der Waals surface area contributed by atoms with Gasteiger partial charge in [0.25, 0.3) is 0 Å². The quantitative estimate of drug-likeness (QED) is 0.547. The molecule has 1 amide bonds. The van der Waals surface area contributed by atoms with Crippen LogP contribution in [-0.4, -0.2) is 68.0 Å². The van der Waals surface area contributed by atoms with E-state index in [9.17, 15) is 19.2 Å². The molecule has 1 aromatic carbocycles. The number of nitrogens with one attached hydrogen (secondary N) is 1. The van der Waals surface area contributed by atoms with Crippen molar-refractivity contribution >= 4 is 35.3 Å². The van der Waals surface area contributed by atoms with Crippen molar-refractivity contribution in [2.75, 3.05) is 26.6 Å². The van der Waals surface area contributed by atoms with E-state index in [4.69, 9.17) is 14.2 Å². The van der Waals surface area contributed by atoms with E-state index in [1.165, 1.54) is 26.0 Å². The Bertz CT molecular complexity index is 1080.